The van der Waals surface area contributed by atoms with Crippen LogP contribution in [-0.4, -0.2) is 62.7 Å². The zero-order chi connectivity index (χ0) is 11.3. The molecule has 2 fully saturated rings. The third-order valence-corrected chi connectivity index (χ3v) is 3.61. The standard InChI is InChI=1S/C12H23NO3/c14-10-12(3-1-6-16-11-12)9-13-4-2-7-15-8-5-13/h14H,1-11H2. The maximum absolute atomic E-state index is 9.60. The highest BCUT2D eigenvalue weighted by Gasteiger charge is 2.34. The molecule has 0 aromatic carbocycles. The molecule has 0 aromatic heterocycles. The summed E-state index contributed by atoms with van der Waals surface area (Å²) in [5.74, 6) is 0. The van der Waals surface area contributed by atoms with Crippen LogP contribution < -0.4 is 0 Å². The molecule has 2 rings (SSSR count). The molecule has 2 saturated heterocycles. The van der Waals surface area contributed by atoms with Gasteiger partial charge in [0.1, 0.15) is 0 Å². The van der Waals surface area contributed by atoms with E-state index in [1.54, 1.807) is 0 Å². The first-order valence-corrected chi connectivity index (χ1v) is 6.33. The van der Waals surface area contributed by atoms with E-state index < -0.39 is 0 Å². The van der Waals surface area contributed by atoms with Gasteiger partial charge in [-0.3, -0.25) is 0 Å². The van der Waals surface area contributed by atoms with Gasteiger partial charge in [-0.25, -0.2) is 0 Å². The minimum Gasteiger partial charge on any atom is -0.396 e. The first kappa shape index (κ1) is 12.3. The monoisotopic (exact) mass is 229 g/mol. The van der Waals surface area contributed by atoms with E-state index in [4.69, 9.17) is 9.47 Å². The maximum atomic E-state index is 9.60. The second-order valence-corrected chi connectivity index (χ2v) is 5.06. The SMILES string of the molecule is OCC1(CN2CCCOCC2)CCCOC1. The highest BCUT2D eigenvalue weighted by Crippen LogP contribution is 2.29. The fourth-order valence-electron chi connectivity index (χ4n) is 2.64. The summed E-state index contributed by atoms with van der Waals surface area (Å²) in [6.07, 6.45) is 3.26. The molecule has 0 spiro atoms. The highest BCUT2D eigenvalue weighted by atomic mass is 16.5. The summed E-state index contributed by atoms with van der Waals surface area (Å²) >= 11 is 0. The van der Waals surface area contributed by atoms with Crippen molar-refractivity contribution >= 4 is 0 Å². The van der Waals surface area contributed by atoms with Gasteiger partial charge in [0.2, 0.25) is 0 Å². The Morgan fingerprint density at radius 3 is 2.69 bits per heavy atom. The summed E-state index contributed by atoms with van der Waals surface area (Å²) in [6.45, 7) is 6.52. The molecule has 1 N–H and O–H groups in total. The van der Waals surface area contributed by atoms with Crippen LogP contribution in [0.1, 0.15) is 19.3 Å². The normalized spacial score (nSPS) is 33.6. The van der Waals surface area contributed by atoms with Crippen LogP contribution in [0.15, 0.2) is 0 Å². The number of hydrogen-bond acceptors (Lipinski definition) is 4. The quantitative estimate of drug-likeness (QED) is 0.765. The lowest BCUT2D eigenvalue weighted by molar-refractivity contribution is -0.0552. The van der Waals surface area contributed by atoms with Crippen LogP contribution in [-0.2, 0) is 9.47 Å². The van der Waals surface area contributed by atoms with Crippen molar-refractivity contribution in [1.82, 2.24) is 4.90 Å². The second kappa shape index (κ2) is 5.96. The zero-order valence-electron chi connectivity index (χ0n) is 9.99. The highest BCUT2D eigenvalue weighted by molar-refractivity contribution is 4.85. The van der Waals surface area contributed by atoms with E-state index in [0.717, 1.165) is 58.7 Å². The van der Waals surface area contributed by atoms with Gasteiger partial charge < -0.3 is 19.5 Å². The lowest BCUT2D eigenvalue weighted by atomic mass is 9.82. The number of rotatable bonds is 3. The molecule has 0 aliphatic carbocycles. The molecule has 0 saturated carbocycles. The third kappa shape index (κ3) is 3.17. The second-order valence-electron chi connectivity index (χ2n) is 5.06. The molecule has 1 atom stereocenters. The minimum atomic E-state index is -0.0252. The molecule has 0 amide bonds. The van der Waals surface area contributed by atoms with E-state index >= 15 is 0 Å². The van der Waals surface area contributed by atoms with Crippen molar-refractivity contribution in [3.05, 3.63) is 0 Å². The Balaban J connectivity index is 1.88. The average Bonchev–Trinajstić information content (AvgIpc) is 2.59. The molecule has 2 aliphatic heterocycles. The number of ether oxygens (including phenoxy) is 2. The van der Waals surface area contributed by atoms with Gasteiger partial charge >= 0.3 is 0 Å². The van der Waals surface area contributed by atoms with Gasteiger partial charge in [-0.1, -0.05) is 0 Å². The van der Waals surface area contributed by atoms with Crippen LogP contribution in [0.25, 0.3) is 0 Å². The fraction of sp³-hybridized carbons (Fsp3) is 1.00. The Labute approximate surface area is 97.5 Å². The Hall–Kier alpha value is -0.160. The van der Waals surface area contributed by atoms with Crippen LogP contribution >= 0.6 is 0 Å². The lowest BCUT2D eigenvalue weighted by Crippen LogP contribution is -2.46. The zero-order valence-corrected chi connectivity index (χ0v) is 9.99. The van der Waals surface area contributed by atoms with Crippen LogP contribution in [0.4, 0.5) is 0 Å². The van der Waals surface area contributed by atoms with Gasteiger partial charge in [0.15, 0.2) is 0 Å². The van der Waals surface area contributed by atoms with Gasteiger partial charge in [0.25, 0.3) is 0 Å². The maximum Gasteiger partial charge on any atom is 0.0593 e. The van der Waals surface area contributed by atoms with Gasteiger partial charge in [-0.2, -0.15) is 0 Å². The van der Waals surface area contributed by atoms with Crippen molar-refractivity contribution < 1.29 is 14.6 Å². The van der Waals surface area contributed by atoms with E-state index in [1.165, 1.54) is 0 Å². The van der Waals surface area contributed by atoms with Gasteiger partial charge in [-0.05, 0) is 19.3 Å². The van der Waals surface area contributed by atoms with Crippen molar-refractivity contribution in [1.29, 1.82) is 0 Å². The lowest BCUT2D eigenvalue weighted by Gasteiger charge is -2.39. The average molecular weight is 229 g/mol. The summed E-state index contributed by atoms with van der Waals surface area (Å²) < 4.78 is 11.0. The van der Waals surface area contributed by atoms with E-state index in [0.29, 0.717) is 6.61 Å². The van der Waals surface area contributed by atoms with Crippen molar-refractivity contribution in [3.8, 4) is 0 Å². The van der Waals surface area contributed by atoms with Crippen molar-refractivity contribution in [2.45, 2.75) is 19.3 Å². The predicted molar refractivity (Wildman–Crippen MR) is 61.4 cm³/mol. The van der Waals surface area contributed by atoms with Gasteiger partial charge in [0.05, 0.1) is 19.8 Å². The molecule has 0 radical (unpaired) electrons. The molecule has 1 unspecified atom stereocenters. The van der Waals surface area contributed by atoms with Gasteiger partial charge in [0, 0.05) is 38.3 Å². The first-order valence-electron chi connectivity index (χ1n) is 6.33. The van der Waals surface area contributed by atoms with Crippen LogP contribution in [0.5, 0.6) is 0 Å². The number of aliphatic hydroxyl groups excluding tert-OH is 1. The fourth-order valence-corrected chi connectivity index (χ4v) is 2.64. The smallest absolute Gasteiger partial charge is 0.0593 e. The van der Waals surface area contributed by atoms with E-state index in [1.807, 2.05) is 0 Å². The molecular weight excluding hydrogens is 206 g/mol. The minimum absolute atomic E-state index is 0.0252. The molecule has 4 heteroatoms. The Morgan fingerprint density at radius 2 is 1.94 bits per heavy atom. The van der Waals surface area contributed by atoms with Crippen LogP contribution in [0.2, 0.25) is 0 Å². The van der Waals surface area contributed by atoms with Crippen molar-refractivity contribution in [3.63, 3.8) is 0 Å². The summed E-state index contributed by atoms with van der Waals surface area (Å²) in [5, 5.41) is 9.60. The van der Waals surface area contributed by atoms with E-state index in [2.05, 4.69) is 4.90 Å². The summed E-state index contributed by atoms with van der Waals surface area (Å²) in [4.78, 5) is 2.41. The Bertz CT molecular complexity index is 196. The van der Waals surface area contributed by atoms with Crippen molar-refractivity contribution in [2.75, 3.05) is 52.7 Å². The molecule has 16 heavy (non-hydrogen) atoms. The molecular formula is C12H23NO3. The Kier molecular flexibility index (Phi) is 4.58. The van der Waals surface area contributed by atoms with Crippen LogP contribution in [0, 0.1) is 5.41 Å². The summed E-state index contributed by atoms with van der Waals surface area (Å²) in [6, 6.07) is 0. The molecule has 4 nitrogen and oxygen atoms in total. The molecule has 2 aliphatic rings. The van der Waals surface area contributed by atoms with Crippen molar-refractivity contribution in [2.24, 2.45) is 5.41 Å². The Morgan fingerprint density at radius 1 is 1.06 bits per heavy atom. The molecule has 0 aromatic rings. The number of aliphatic hydroxyl groups is 1. The first-order chi connectivity index (χ1) is 7.85. The van der Waals surface area contributed by atoms with Gasteiger partial charge in [-0.15, -0.1) is 0 Å². The van der Waals surface area contributed by atoms with E-state index in [-0.39, 0.29) is 12.0 Å². The third-order valence-electron chi connectivity index (χ3n) is 3.61. The predicted octanol–water partition coefficient (Wildman–Crippen LogP) is 0.498. The summed E-state index contributed by atoms with van der Waals surface area (Å²) in [7, 11) is 0. The largest absolute Gasteiger partial charge is 0.396 e. The van der Waals surface area contributed by atoms with Crippen LogP contribution in [0.3, 0.4) is 0 Å². The number of hydrogen-bond donors (Lipinski definition) is 1. The molecule has 94 valence electrons. The summed E-state index contributed by atoms with van der Waals surface area (Å²) in [5.41, 5.74) is -0.0252. The van der Waals surface area contributed by atoms with E-state index in [9.17, 15) is 5.11 Å². The molecule has 0 bridgehead atoms. The molecule has 2 heterocycles. The topological polar surface area (TPSA) is 41.9 Å². The number of nitrogens with zero attached hydrogens (tertiary/aromatic N) is 1.